The molecular formula is C19H13FN4O3S. The van der Waals surface area contributed by atoms with Crippen LogP contribution in [0, 0.1) is 27.3 Å². The van der Waals surface area contributed by atoms with Gasteiger partial charge in [0.05, 0.1) is 17.7 Å². The molecule has 140 valence electrons. The van der Waals surface area contributed by atoms with E-state index in [1.165, 1.54) is 23.6 Å². The second kappa shape index (κ2) is 8.28. The van der Waals surface area contributed by atoms with Crippen molar-refractivity contribution in [3.63, 3.8) is 0 Å². The SMILES string of the molecule is COc1cccc(-c2csc(/C(C#N)=C\Nc3ccc(F)c([N+](=O)[O-])c3)n2)c1. The van der Waals surface area contributed by atoms with Gasteiger partial charge in [-0.15, -0.1) is 11.3 Å². The van der Waals surface area contributed by atoms with Gasteiger partial charge in [0.25, 0.3) is 0 Å². The molecule has 0 unspecified atom stereocenters. The maximum atomic E-state index is 13.4. The van der Waals surface area contributed by atoms with Crippen molar-refractivity contribution in [2.24, 2.45) is 0 Å². The molecule has 0 aliphatic heterocycles. The van der Waals surface area contributed by atoms with Crippen LogP contribution in [-0.4, -0.2) is 17.0 Å². The van der Waals surface area contributed by atoms with Gasteiger partial charge in [-0.1, -0.05) is 12.1 Å². The number of nitro benzene ring substituents is 1. The fraction of sp³-hybridized carbons (Fsp3) is 0.0526. The number of ether oxygens (including phenoxy) is 1. The number of benzene rings is 2. The number of nitrogens with zero attached hydrogens (tertiary/aromatic N) is 3. The Hall–Kier alpha value is -3.77. The average molecular weight is 396 g/mol. The van der Waals surface area contributed by atoms with Crippen molar-refractivity contribution < 1.29 is 14.1 Å². The molecule has 3 rings (SSSR count). The van der Waals surface area contributed by atoms with E-state index in [9.17, 15) is 19.8 Å². The minimum atomic E-state index is -0.928. The first-order valence-electron chi connectivity index (χ1n) is 7.93. The van der Waals surface area contributed by atoms with Gasteiger partial charge in [0.1, 0.15) is 22.4 Å². The summed E-state index contributed by atoms with van der Waals surface area (Å²) in [5.41, 5.74) is 1.42. The first-order valence-corrected chi connectivity index (χ1v) is 8.81. The predicted octanol–water partition coefficient (Wildman–Crippen LogP) is 4.84. The van der Waals surface area contributed by atoms with Gasteiger partial charge in [0.2, 0.25) is 5.82 Å². The van der Waals surface area contributed by atoms with Gasteiger partial charge in [0, 0.05) is 28.9 Å². The lowest BCUT2D eigenvalue weighted by molar-refractivity contribution is -0.387. The zero-order valence-corrected chi connectivity index (χ0v) is 15.4. The van der Waals surface area contributed by atoms with E-state index >= 15 is 0 Å². The van der Waals surface area contributed by atoms with E-state index in [4.69, 9.17) is 4.74 Å². The van der Waals surface area contributed by atoms with Crippen LogP contribution in [0.5, 0.6) is 5.75 Å². The monoisotopic (exact) mass is 396 g/mol. The summed E-state index contributed by atoms with van der Waals surface area (Å²) in [5, 5.41) is 25.3. The van der Waals surface area contributed by atoms with Crippen molar-refractivity contribution in [1.29, 1.82) is 5.26 Å². The first-order chi connectivity index (χ1) is 13.5. The van der Waals surface area contributed by atoms with Crippen LogP contribution in [0.1, 0.15) is 5.01 Å². The Labute approximate surface area is 163 Å². The van der Waals surface area contributed by atoms with E-state index < -0.39 is 16.4 Å². The molecule has 1 heterocycles. The number of thiazole rings is 1. The zero-order chi connectivity index (χ0) is 20.1. The van der Waals surface area contributed by atoms with Crippen LogP contribution in [0.25, 0.3) is 16.8 Å². The lowest BCUT2D eigenvalue weighted by Gasteiger charge is -2.02. The Balaban J connectivity index is 1.84. The van der Waals surface area contributed by atoms with Gasteiger partial charge in [-0.05, 0) is 24.3 Å². The number of nitriles is 1. The standard InChI is InChI=1S/C19H13FN4O3S/c1-27-15-4-2-3-12(7-15)17-11-28-19(23-17)13(9-21)10-22-14-5-6-16(20)18(8-14)24(25)26/h2-8,10-11,22H,1H3/b13-10-. The van der Waals surface area contributed by atoms with Crippen LogP contribution in [0.4, 0.5) is 15.8 Å². The molecule has 1 aromatic heterocycles. The number of nitrogens with one attached hydrogen (secondary N) is 1. The lowest BCUT2D eigenvalue weighted by atomic mass is 10.1. The summed E-state index contributed by atoms with van der Waals surface area (Å²) in [7, 11) is 1.58. The molecule has 2 aromatic carbocycles. The third-order valence-corrected chi connectivity index (χ3v) is 4.62. The van der Waals surface area contributed by atoms with Gasteiger partial charge < -0.3 is 10.1 Å². The van der Waals surface area contributed by atoms with Gasteiger partial charge >= 0.3 is 5.69 Å². The Morgan fingerprint density at radius 1 is 1.39 bits per heavy atom. The Morgan fingerprint density at radius 2 is 2.21 bits per heavy atom. The number of rotatable bonds is 6. The van der Waals surface area contributed by atoms with Gasteiger partial charge in [0.15, 0.2) is 0 Å². The minimum absolute atomic E-state index is 0.242. The third kappa shape index (κ3) is 4.13. The van der Waals surface area contributed by atoms with E-state index in [0.717, 1.165) is 17.7 Å². The fourth-order valence-corrected chi connectivity index (χ4v) is 3.15. The van der Waals surface area contributed by atoms with Crippen LogP contribution in [-0.2, 0) is 0 Å². The zero-order valence-electron chi connectivity index (χ0n) is 14.5. The molecular weight excluding hydrogens is 383 g/mol. The number of methoxy groups -OCH3 is 1. The molecule has 0 saturated heterocycles. The number of nitro groups is 1. The van der Waals surface area contributed by atoms with Crippen molar-refractivity contribution in [2.45, 2.75) is 0 Å². The number of anilines is 1. The number of hydrogen-bond acceptors (Lipinski definition) is 7. The number of aromatic nitrogens is 1. The average Bonchev–Trinajstić information content (AvgIpc) is 3.19. The molecule has 0 saturated carbocycles. The summed E-state index contributed by atoms with van der Waals surface area (Å²) in [4.78, 5) is 14.5. The van der Waals surface area contributed by atoms with E-state index in [-0.39, 0.29) is 11.3 Å². The summed E-state index contributed by atoms with van der Waals surface area (Å²) in [6, 6.07) is 12.8. The molecule has 0 spiro atoms. The Bertz CT molecular complexity index is 1100. The Morgan fingerprint density at radius 3 is 2.93 bits per heavy atom. The van der Waals surface area contributed by atoms with Crippen LogP contribution in [0.3, 0.4) is 0 Å². The van der Waals surface area contributed by atoms with Crippen LogP contribution >= 0.6 is 11.3 Å². The van der Waals surface area contributed by atoms with Crippen LogP contribution < -0.4 is 10.1 Å². The maximum absolute atomic E-state index is 13.4. The second-order valence-corrected chi connectivity index (χ2v) is 6.37. The van der Waals surface area contributed by atoms with E-state index in [2.05, 4.69) is 10.3 Å². The molecule has 0 radical (unpaired) electrons. The lowest BCUT2D eigenvalue weighted by Crippen LogP contribution is -1.96. The van der Waals surface area contributed by atoms with Crippen LogP contribution in [0.15, 0.2) is 54.0 Å². The third-order valence-electron chi connectivity index (χ3n) is 3.75. The highest BCUT2D eigenvalue weighted by molar-refractivity contribution is 7.11. The van der Waals surface area contributed by atoms with Crippen molar-refractivity contribution in [2.75, 3.05) is 12.4 Å². The Kier molecular flexibility index (Phi) is 5.62. The van der Waals surface area contributed by atoms with Gasteiger partial charge in [-0.2, -0.15) is 9.65 Å². The molecule has 0 fully saturated rings. The smallest absolute Gasteiger partial charge is 0.306 e. The molecule has 0 amide bonds. The summed E-state index contributed by atoms with van der Waals surface area (Å²) in [6.45, 7) is 0. The fourth-order valence-electron chi connectivity index (χ4n) is 2.35. The summed E-state index contributed by atoms with van der Waals surface area (Å²) < 4.78 is 18.6. The first kappa shape index (κ1) is 19.0. The van der Waals surface area contributed by atoms with Gasteiger partial charge in [-0.25, -0.2) is 4.98 Å². The number of halogens is 1. The second-order valence-electron chi connectivity index (χ2n) is 5.51. The van der Waals surface area contributed by atoms with E-state index in [1.54, 1.807) is 7.11 Å². The highest BCUT2D eigenvalue weighted by atomic mass is 32.1. The number of allylic oxidation sites excluding steroid dienone is 1. The molecule has 0 atom stereocenters. The minimum Gasteiger partial charge on any atom is -0.497 e. The van der Waals surface area contributed by atoms with Crippen molar-refractivity contribution in [3.05, 3.63) is 75.0 Å². The van der Waals surface area contributed by atoms with Crippen LogP contribution in [0.2, 0.25) is 0 Å². The van der Waals surface area contributed by atoms with Crippen molar-refractivity contribution in [3.8, 4) is 23.1 Å². The van der Waals surface area contributed by atoms with E-state index in [1.807, 2.05) is 35.7 Å². The highest BCUT2D eigenvalue weighted by Gasteiger charge is 2.14. The normalized spacial score (nSPS) is 11.0. The largest absolute Gasteiger partial charge is 0.497 e. The molecule has 1 N–H and O–H groups in total. The molecule has 0 bridgehead atoms. The molecule has 28 heavy (non-hydrogen) atoms. The quantitative estimate of drug-likeness (QED) is 0.363. The molecule has 9 heteroatoms. The molecule has 0 aliphatic carbocycles. The predicted molar refractivity (Wildman–Crippen MR) is 104 cm³/mol. The van der Waals surface area contributed by atoms with Crippen molar-refractivity contribution in [1.82, 2.24) is 4.98 Å². The number of hydrogen-bond donors (Lipinski definition) is 1. The maximum Gasteiger partial charge on any atom is 0.306 e. The topological polar surface area (TPSA) is 101 Å². The van der Waals surface area contributed by atoms with Gasteiger partial charge in [-0.3, -0.25) is 10.1 Å². The highest BCUT2D eigenvalue weighted by Crippen LogP contribution is 2.28. The molecule has 0 aliphatic rings. The summed E-state index contributed by atoms with van der Waals surface area (Å²) in [6.07, 6.45) is 1.38. The van der Waals surface area contributed by atoms with E-state index in [0.29, 0.717) is 16.5 Å². The summed E-state index contributed by atoms with van der Waals surface area (Å²) in [5.74, 6) is -0.231. The molecule has 3 aromatic rings. The van der Waals surface area contributed by atoms with Crippen molar-refractivity contribution >= 4 is 28.3 Å². The molecule has 7 nitrogen and oxygen atoms in total. The summed E-state index contributed by atoms with van der Waals surface area (Å²) >= 11 is 1.29.